The number of carbonyl (C=O) groups is 1. The van der Waals surface area contributed by atoms with E-state index < -0.39 is 0 Å². The van der Waals surface area contributed by atoms with Gasteiger partial charge in [-0.3, -0.25) is 4.79 Å². The smallest absolute Gasteiger partial charge is 0.233 e. The fourth-order valence-corrected chi connectivity index (χ4v) is 2.60. The van der Waals surface area contributed by atoms with Crippen LogP contribution in [0.1, 0.15) is 6.92 Å². The molecule has 6 heteroatoms. The Kier molecular flexibility index (Phi) is 4.95. The molecule has 18 heavy (non-hydrogen) atoms. The second-order valence-corrected chi connectivity index (χ2v) is 5.08. The number of likely N-dealkylation sites (N-methyl/N-ethyl adjacent to an activating group) is 1. The normalized spacial score (nSPS) is 16.8. The lowest BCUT2D eigenvalue weighted by atomic mass is 10.3. The van der Waals surface area contributed by atoms with Crippen LogP contribution in [0.3, 0.4) is 0 Å². The molecule has 0 aromatic carbocycles. The van der Waals surface area contributed by atoms with Crippen molar-refractivity contribution in [3.8, 4) is 0 Å². The van der Waals surface area contributed by atoms with Gasteiger partial charge in [-0.2, -0.15) is 0 Å². The summed E-state index contributed by atoms with van der Waals surface area (Å²) >= 11 is 1.40. The van der Waals surface area contributed by atoms with E-state index in [-0.39, 0.29) is 5.91 Å². The first kappa shape index (κ1) is 13.3. The van der Waals surface area contributed by atoms with E-state index >= 15 is 0 Å². The summed E-state index contributed by atoms with van der Waals surface area (Å²) in [7, 11) is 0. The summed E-state index contributed by atoms with van der Waals surface area (Å²) < 4.78 is 0. The minimum absolute atomic E-state index is 0.184. The first-order chi connectivity index (χ1) is 8.79. The van der Waals surface area contributed by atoms with E-state index in [0.717, 1.165) is 32.7 Å². The minimum atomic E-state index is 0.184. The Labute approximate surface area is 112 Å². The van der Waals surface area contributed by atoms with Crippen molar-refractivity contribution >= 4 is 17.7 Å². The Balaban J connectivity index is 1.75. The molecule has 0 atom stereocenters. The van der Waals surface area contributed by atoms with Gasteiger partial charge in [-0.15, -0.1) is 0 Å². The molecule has 1 aromatic heterocycles. The zero-order valence-corrected chi connectivity index (χ0v) is 11.4. The number of nitrogens with zero attached hydrogens (tertiary/aromatic N) is 4. The van der Waals surface area contributed by atoms with Crippen molar-refractivity contribution in [2.24, 2.45) is 0 Å². The highest BCUT2D eigenvalue weighted by molar-refractivity contribution is 7.99. The molecule has 0 aliphatic carbocycles. The maximum Gasteiger partial charge on any atom is 0.233 e. The summed E-state index contributed by atoms with van der Waals surface area (Å²) in [6.07, 6.45) is 3.39. The van der Waals surface area contributed by atoms with Crippen LogP contribution >= 0.6 is 11.8 Å². The number of aromatic nitrogens is 2. The largest absolute Gasteiger partial charge is 0.339 e. The summed E-state index contributed by atoms with van der Waals surface area (Å²) in [5.74, 6) is 0.610. The summed E-state index contributed by atoms with van der Waals surface area (Å²) in [6, 6.07) is 1.77. The van der Waals surface area contributed by atoms with Crippen molar-refractivity contribution in [1.82, 2.24) is 19.8 Å². The van der Waals surface area contributed by atoms with Gasteiger partial charge in [0.05, 0.1) is 5.75 Å². The molecule has 1 amide bonds. The molecule has 0 bridgehead atoms. The molecule has 5 nitrogen and oxygen atoms in total. The molecule has 0 spiro atoms. The van der Waals surface area contributed by atoms with Crippen LogP contribution in [0, 0.1) is 0 Å². The van der Waals surface area contributed by atoms with Gasteiger partial charge in [-0.1, -0.05) is 18.7 Å². The van der Waals surface area contributed by atoms with Gasteiger partial charge in [0.15, 0.2) is 5.16 Å². The van der Waals surface area contributed by atoms with E-state index in [9.17, 15) is 4.79 Å². The van der Waals surface area contributed by atoms with Crippen LogP contribution in [-0.4, -0.2) is 64.2 Å². The van der Waals surface area contributed by atoms with E-state index in [2.05, 4.69) is 21.8 Å². The number of carbonyl (C=O) groups excluding carboxylic acids is 1. The second kappa shape index (κ2) is 6.70. The lowest BCUT2D eigenvalue weighted by Crippen LogP contribution is -2.49. The van der Waals surface area contributed by atoms with Crippen molar-refractivity contribution < 1.29 is 4.79 Å². The van der Waals surface area contributed by atoms with Crippen LogP contribution in [0.4, 0.5) is 0 Å². The lowest BCUT2D eigenvalue weighted by molar-refractivity contribution is -0.130. The SMILES string of the molecule is CCN1CCN(C(=O)CSc2ncccn2)CC1. The molecule has 1 aromatic rings. The number of thioether (sulfide) groups is 1. The Morgan fingerprint density at radius 2 is 1.94 bits per heavy atom. The molecular formula is C12H18N4OS. The molecule has 2 heterocycles. The predicted molar refractivity (Wildman–Crippen MR) is 71.5 cm³/mol. The molecule has 98 valence electrons. The van der Waals surface area contributed by atoms with Crippen molar-refractivity contribution in [3.05, 3.63) is 18.5 Å². The van der Waals surface area contributed by atoms with Crippen molar-refractivity contribution in [2.45, 2.75) is 12.1 Å². The number of amides is 1. The molecule has 0 N–H and O–H groups in total. The Morgan fingerprint density at radius 1 is 1.28 bits per heavy atom. The maximum atomic E-state index is 12.0. The molecule has 1 saturated heterocycles. The van der Waals surface area contributed by atoms with Crippen molar-refractivity contribution in [3.63, 3.8) is 0 Å². The Bertz CT molecular complexity index is 379. The first-order valence-corrected chi connectivity index (χ1v) is 7.18. The van der Waals surface area contributed by atoms with Crippen LogP contribution in [0.2, 0.25) is 0 Å². The van der Waals surface area contributed by atoms with E-state index in [1.165, 1.54) is 11.8 Å². The lowest BCUT2D eigenvalue weighted by Gasteiger charge is -2.33. The van der Waals surface area contributed by atoms with Gasteiger partial charge in [0.2, 0.25) is 5.91 Å². The molecule has 2 rings (SSSR count). The third-order valence-corrected chi connectivity index (χ3v) is 3.90. The van der Waals surface area contributed by atoms with E-state index in [1.807, 2.05) is 4.90 Å². The van der Waals surface area contributed by atoms with E-state index in [1.54, 1.807) is 18.5 Å². The fourth-order valence-electron chi connectivity index (χ4n) is 1.89. The van der Waals surface area contributed by atoms with Crippen LogP contribution in [0.25, 0.3) is 0 Å². The zero-order valence-electron chi connectivity index (χ0n) is 10.6. The van der Waals surface area contributed by atoms with E-state index in [4.69, 9.17) is 0 Å². The van der Waals surface area contributed by atoms with Gasteiger partial charge < -0.3 is 9.80 Å². The van der Waals surface area contributed by atoms with E-state index in [0.29, 0.717) is 10.9 Å². The summed E-state index contributed by atoms with van der Waals surface area (Å²) in [6.45, 7) is 6.85. The molecule has 1 aliphatic heterocycles. The topological polar surface area (TPSA) is 49.3 Å². The third-order valence-electron chi connectivity index (χ3n) is 3.04. The van der Waals surface area contributed by atoms with Crippen molar-refractivity contribution in [2.75, 3.05) is 38.5 Å². The highest BCUT2D eigenvalue weighted by Gasteiger charge is 2.20. The first-order valence-electron chi connectivity index (χ1n) is 6.19. The molecule has 0 unspecified atom stereocenters. The molecule has 0 saturated carbocycles. The molecule has 1 fully saturated rings. The quantitative estimate of drug-likeness (QED) is 0.594. The number of piperazine rings is 1. The monoisotopic (exact) mass is 266 g/mol. The van der Waals surface area contributed by atoms with Gasteiger partial charge in [-0.25, -0.2) is 9.97 Å². The molecular weight excluding hydrogens is 248 g/mol. The maximum absolute atomic E-state index is 12.0. The van der Waals surface area contributed by atoms with Gasteiger partial charge in [0.25, 0.3) is 0 Å². The Hall–Kier alpha value is -1.14. The summed E-state index contributed by atoms with van der Waals surface area (Å²) in [5, 5.41) is 0.665. The van der Waals surface area contributed by atoms with Gasteiger partial charge in [0.1, 0.15) is 0 Å². The number of hydrogen-bond donors (Lipinski definition) is 0. The zero-order chi connectivity index (χ0) is 12.8. The summed E-state index contributed by atoms with van der Waals surface area (Å²) in [5.41, 5.74) is 0. The van der Waals surface area contributed by atoms with Crippen molar-refractivity contribution in [1.29, 1.82) is 0 Å². The average molecular weight is 266 g/mol. The standard InChI is InChI=1S/C12H18N4OS/c1-2-15-6-8-16(9-7-15)11(17)10-18-12-13-4-3-5-14-12/h3-5H,2,6-10H2,1H3. The van der Waals surface area contributed by atoms with Crippen LogP contribution in [-0.2, 0) is 4.79 Å². The van der Waals surface area contributed by atoms with Gasteiger partial charge >= 0.3 is 0 Å². The average Bonchev–Trinajstić information content (AvgIpc) is 2.46. The summed E-state index contributed by atoms with van der Waals surface area (Å²) in [4.78, 5) is 24.5. The predicted octanol–water partition coefficient (Wildman–Crippen LogP) is 0.733. The van der Waals surface area contributed by atoms with Crippen LogP contribution < -0.4 is 0 Å². The molecule has 0 radical (unpaired) electrons. The minimum Gasteiger partial charge on any atom is -0.339 e. The molecule has 1 aliphatic rings. The Morgan fingerprint density at radius 3 is 2.56 bits per heavy atom. The highest BCUT2D eigenvalue weighted by atomic mass is 32.2. The van der Waals surface area contributed by atoms with Gasteiger partial charge in [0, 0.05) is 38.6 Å². The fraction of sp³-hybridized carbons (Fsp3) is 0.583. The van der Waals surface area contributed by atoms with Gasteiger partial charge in [-0.05, 0) is 12.6 Å². The second-order valence-electron chi connectivity index (χ2n) is 4.14. The highest BCUT2D eigenvalue weighted by Crippen LogP contribution is 2.12. The van der Waals surface area contributed by atoms with Crippen LogP contribution in [0.5, 0.6) is 0 Å². The number of hydrogen-bond acceptors (Lipinski definition) is 5. The van der Waals surface area contributed by atoms with Crippen LogP contribution in [0.15, 0.2) is 23.6 Å². The number of rotatable bonds is 4. The third kappa shape index (κ3) is 3.68.